The molecule has 0 bridgehead atoms. The molecule has 0 aliphatic rings. The second-order valence-electron chi connectivity index (χ2n) is 3.50. The van der Waals surface area contributed by atoms with Crippen molar-refractivity contribution in [2.75, 3.05) is 18.9 Å². The Morgan fingerprint density at radius 3 is 2.85 bits per heavy atom. The highest BCUT2D eigenvalue weighted by Crippen LogP contribution is 2.22. The Hall–Kier alpha value is -2.07. The van der Waals surface area contributed by atoms with Crippen LogP contribution in [0.1, 0.15) is 0 Å². The SMILES string of the molecule is C#CCNC(=O)COC(=O)CSc1cc(F)ccc1F. The van der Waals surface area contributed by atoms with E-state index in [4.69, 9.17) is 6.42 Å². The van der Waals surface area contributed by atoms with Crippen LogP contribution >= 0.6 is 11.8 Å². The molecule has 4 nitrogen and oxygen atoms in total. The molecular formula is C13H11F2NO3S. The van der Waals surface area contributed by atoms with E-state index in [1.165, 1.54) is 0 Å². The third-order valence-electron chi connectivity index (χ3n) is 1.99. The zero-order valence-corrected chi connectivity index (χ0v) is 11.1. The first kappa shape index (κ1) is 16.0. The molecule has 0 radical (unpaired) electrons. The zero-order chi connectivity index (χ0) is 15.0. The molecule has 0 atom stereocenters. The van der Waals surface area contributed by atoms with Gasteiger partial charge in [-0.2, -0.15) is 0 Å². The number of terminal acetylenes is 1. The lowest BCUT2D eigenvalue weighted by molar-refractivity contribution is -0.145. The van der Waals surface area contributed by atoms with Gasteiger partial charge in [-0.05, 0) is 18.2 Å². The van der Waals surface area contributed by atoms with Crippen LogP contribution in [0.4, 0.5) is 8.78 Å². The molecule has 1 aromatic rings. The van der Waals surface area contributed by atoms with Gasteiger partial charge in [0.05, 0.1) is 12.3 Å². The summed E-state index contributed by atoms with van der Waals surface area (Å²) in [6.45, 7) is -0.424. The third-order valence-corrected chi connectivity index (χ3v) is 2.99. The summed E-state index contributed by atoms with van der Waals surface area (Å²) in [4.78, 5) is 22.4. The quantitative estimate of drug-likeness (QED) is 0.489. The predicted octanol–water partition coefficient (Wildman–Crippen LogP) is 1.35. The lowest BCUT2D eigenvalue weighted by Gasteiger charge is -2.05. The number of hydrogen-bond acceptors (Lipinski definition) is 4. The van der Waals surface area contributed by atoms with Crippen molar-refractivity contribution < 1.29 is 23.1 Å². The van der Waals surface area contributed by atoms with Crippen molar-refractivity contribution in [2.45, 2.75) is 4.90 Å². The molecule has 0 aromatic heterocycles. The number of halogens is 2. The maximum absolute atomic E-state index is 13.3. The average molecular weight is 299 g/mol. The van der Waals surface area contributed by atoms with Crippen LogP contribution in [0.3, 0.4) is 0 Å². The topological polar surface area (TPSA) is 55.4 Å². The van der Waals surface area contributed by atoms with Crippen molar-refractivity contribution in [3.63, 3.8) is 0 Å². The molecule has 0 saturated carbocycles. The van der Waals surface area contributed by atoms with E-state index in [1.807, 2.05) is 0 Å². The fourth-order valence-corrected chi connectivity index (χ4v) is 1.87. The Morgan fingerprint density at radius 1 is 1.40 bits per heavy atom. The van der Waals surface area contributed by atoms with E-state index in [1.54, 1.807) is 0 Å². The Morgan fingerprint density at radius 2 is 2.15 bits per heavy atom. The maximum Gasteiger partial charge on any atom is 0.316 e. The van der Waals surface area contributed by atoms with Gasteiger partial charge < -0.3 is 10.1 Å². The third kappa shape index (κ3) is 5.71. The highest BCUT2D eigenvalue weighted by atomic mass is 32.2. The summed E-state index contributed by atoms with van der Waals surface area (Å²) in [7, 11) is 0. The average Bonchev–Trinajstić information content (AvgIpc) is 2.43. The molecule has 0 aliphatic carbocycles. The Bertz CT molecular complexity index is 543. The van der Waals surface area contributed by atoms with E-state index in [9.17, 15) is 18.4 Å². The molecule has 0 unspecified atom stereocenters. The standard InChI is InChI=1S/C13H11F2NO3S/c1-2-5-16-12(17)7-19-13(18)8-20-11-6-9(14)3-4-10(11)15/h1,3-4,6H,5,7-8H2,(H,16,17). The van der Waals surface area contributed by atoms with Crippen LogP contribution < -0.4 is 5.32 Å². The number of hydrogen-bond donors (Lipinski definition) is 1. The molecule has 0 saturated heterocycles. The summed E-state index contributed by atoms with van der Waals surface area (Å²) in [5, 5.41) is 2.31. The van der Waals surface area contributed by atoms with E-state index >= 15 is 0 Å². The molecule has 0 spiro atoms. The van der Waals surface area contributed by atoms with Crippen LogP contribution in [-0.4, -0.2) is 30.8 Å². The minimum absolute atomic E-state index is 0.00117. The number of thioether (sulfide) groups is 1. The highest BCUT2D eigenvalue weighted by Gasteiger charge is 2.10. The molecule has 1 aromatic carbocycles. The van der Waals surface area contributed by atoms with Crippen molar-refractivity contribution in [2.24, 2.45) is 0 Å². The van der Waals surface area contributed by atoms with Crippen LogP contribution in [0.2, 0.25) is 0 Å². The normalized spacial score (nSPS) is 9.65. The number of carbonyl (C=O) groups excluding carboxylic acids is 2. The van der Waals surface area contributed by atoms with Crippen molar-refractivity contribution in [1.82, 2.24) is 5.32 Å². The first-order valence-electron chi connectivity index (χ1n) is 5.46. The summed E-state index contributed by atoms with van der Waals surface area (Å²) in [6.07, 6.45) is 4.93. The summed E-state index contributed by atoms with van der Waals surface area (Å²) < 4.78 is 30.8. The summed E-state index contributed by atoms with van der Waals surface area (Å²) in [5.41, 5.74) is 0. The zero-order valence-electron chi connectivity index (χ0n) is 10.3. The summed E-state index contributed by atoms with van der Waals surface area (Å²) >= 11 is 0.785. The molecule has 0 heterocycles. The van der Waals surface area contributed by atoms with Gasteiger partial charge in [0.1, 0.15) is 11.6 Å². The van der Waals surface area contributed by atoms with E-state index in [0.29, 0.717) is 0 Å². The van der Waals surface area contributed by atoms with Gasteiger partial charge in [-0.1, -0.05) is 5.92 Å². The van der Waals surface area contributed by atoms with E-state index in [2.05, 4.69) is 16.0 Å². The molecule has 1 rings (SSSR count). The number of esters is 1. The van der Waals surface area contributed by atoms with Gasteiger partial charge in [0, 0.05) is 4.90 Å². The van der Waals surface area contributed by atoms with Crippen LogP contribution in [0, 0.1) is 24.0 Å². The molecule has 7 heteroatoms. The van der Waals surface area contributed by atoms with E-state index in [-0.39, 0.29) is 17.2 Å². The van der Waals surface area contributed by atoms with Crippen LogP contribution in [0.15, 0.2) is 23.1 Å². The fourth-order valence-electron chi connectivity index (χ4n) is 1.11. The first-order chi connectivity index (χ1) is 9.52. The summed E-state index contributed by atoms with van der Waals surface area (Å²) in [6, 6.07) is 2.93. The highest BCUT2D eigenvalue weighted by molar-refractivity contribution is 8.00. The van der Waals surface area contributed by atoms with Gasteiger partial charge in [0.2, 0.25) is 0 Å². The van der Waals surface area contributed by atoms with Gasteiger partial charge in [-0.25, -0.2) is 8.78 Å². The van der Waals surface area contributed by atoms with Crippen molar-refractivity contribution in [3.05, 3.63) is 29.8 Å². The van der Waals surface area contributed by atoms with E-state index in [0.717, 1.165) is 30.0 Å². The lowest BCUT2D eigenvalue weighted by atomic mass is 10.3. The smallest absolute Gasteiger partial charge is 0.316 e. The maximum atomic E-state index is 13.3. The van der Waals surface area contributed by atoms with Gasteiger partial charge in [-0.3, -0.25) is 9.59 Å². The number of benzene rings is 1. The number of nitrogens with one attached hydrogen (secondary N) is 1. The Kier molecular flexibility index (Phi) is 6.53. The van der Waals surface area contributed by atoms with Gasteiger partial charge >= 0.3 is 5.97 Å². The number of rotatable bonds is 6. The van der Waals surface area contributed by atoms with Crippen LogP contribution in [0.5, 0.6) is 0 Å². The molecular weight excluding hydrogens is 288 g/mol. The minimum Gasteiger partial charge on any atom is -0.455 e. The largest absolute Gasteiger partial charge is 0.455 e. The van der Waals surface area contributed by atoms with Crippen molar-refractivity contribution in [3.8, 4) is 12.3 Å². The monoisotopic (exact) mass is 299 g/mol. The molecule has 1 N–H and O–H groups in total. The Balaban J connectivity index is 2.35. The fraction of sp³-hybridized carbons (Fsp3) is 0.231. The predicted molar refractivity (Wildman–Crippen MR) is 69.9 cm³/mol. The molecule has 0 fully saturated rings. The summed E-state index contributed by atoms with van der Waals surface area (Å²) in [5.74, 6) is -0.515. The van der Waals surface area contributed by atoms with Crippen LogP contribution in [-0.2, 0) is 14.3 Å². The Labute approximate surface area is 118 Å². The number of ether oxygens (including phenoxy) is 1. The van der Waals surface area contributed by atoms with Crippen molar-refractivity contribution >= 4 is 23.6 Å². The van der Waals surface area contributed by atoms with E-state index < -0.39 is 30.1 Å². The molecule has 1 amide bonds. The number of carbonyl (C=O) groups is 2. The van der Waals surface area contributed by atoms with Crippen LogP contribution in [0.25, 0.3) is 0 Å². The van der Waals surface area contributed by atoms with Gasteiger partial charge in [0.15, 0.2) is 6.61 Å². The lowest BCUT2D eigenvalue weighted by Crippen LogP contribution is -2.29. The molecule has 20 heavy (non-hydrogen) atoms. The minimum atomic E-state index is -0.713. The number of amides is 1. The second kappa shape index (κ2) is 8.17. The molecule has 106 valence electrons. The van der Waals surface area contributed by atoms with Crippen molar-refractivity contribution in [1.29, 1.82) is 0 Å². The van der Waals surface area contributed by atoms with Gasteiger partial charge in [-0.15, -0.1) is 18.2 Å². The first-order valence-corrected chi connectivity index (χ1v) is 6.45. The second-order valence-corrected chi connectivity index (χ2v) is 4.52. The van der Waals surface area contributed by atoms with Gasteiger partial charge in [0.25, 0.3) is 5.91 Å². The molecule has 0 aliphatic heterocycles.